The number of hydrogen-bond acceptors (Lipinski definition) is 2. The minimum Gasteiger partial charge on any atom is -0.396 e. The molecule has 0 aromatic carbocycles. The average Bonchev–Trinajstić information content (AvgIpc) is 2.58. The summed E-state index contributed by atoms with van der Waals surface area (Å²) in [7, 11) is 0. The van der Waals surface area contributed by atoms with Gasteiger partial charge in [0.25, 0.3) is 0 Å². The number of carbonyl (C=O) groups excluding carboxylic acids is 1. The smallest absolute Gasteiger partial charge is 0.220 e. The van der Waals surface area contributed by atoms with E-state index in [2.05, 4.69) is 12.2 Å². The summed E-state index contributed by atoms with van der Waals surface area (Å²) < 4.78 is 0. The zero-order valence-electron chi connectivity index (χ0n) is 8.96. The third-order valence-electron chi connectivity index (χ3n) is 3.16. The molecule has 0 saturated heterocycles. The van der Waals surface area contributed by atoms with Gasteiger partial charge in [0.1, 0.15) is 0 Å². The van der Waals surface area contributed by atoms with E-state index in [-0.39, 0.29) is 12.5 Å². The van der Waals surface area contributed by atoms with Crippen LogP contribution in [0.2, 0.25) is 0 Å². The van der Waals surface area contributed by atoms with Crippen molar-refractivity contribution in [3.8, 4) is 0 Å². The van der Waals surface area contributed by atoms with E-state index in [1.165, 1.54) is 19.3 Å². The van der Waals surface area contributed by atoms with Crippen molar-refractivity contribution in [3.05, 3.63) is 0 Å². The summed E-state index contributed by atoms with van der Waals surface area (Å²) in [5.74, 6) is 1.51. The van der Waals surface area contributed by atoms with Crippen LogP contribution in [-0.2, 0) is 4.79 Å². The van der Waals surface area contributed by atoms with Crippen LogP contribution in [0.5, 0.6) is 0 Å². The van der Waals surface area contributed by atoms with Gasteiger partial charge in [-0.2, -0.15) is 0 Å². The van der Waals surface area contributed by atoms with Gasteiger partial charge in [-0.05, 0) is 24.7 Å². The van der Waals surface area contributed by atoms with Gasteiger partial charge in [0.2, 0.25) is 5.91 Å². The maximum absolute atomic E-state index is 11.2. The van der Waals surface area contributed by atoms with Crippen LogP contribution in [0, 0.1) is 11.8 Å². The van der Waals surface area contributed by atoms with Crippen molar-refractivity contribution < 1.29 is 9.90 Å². The molecule has 0 aliphatic heterocycles. The molecule has 1 saturated carbocycles. The molecule has 2 N–H and O–H groups in total. The lowest BCUT2D eigenvalue weighted by atomic mass is 9.98. The molecule has 14 heavy (non-hydrogen) atoms. The van der Waals surface area contributed by atoms with Crippen LogP contribution in [0.25, 0.3) is 0 Å². The number of amides is 1. The standard InChI is InChI=1S/C11H21NO2/c1-9-4-2-5-10(9)8-12-11(14)6-3-7-13/h9-10,13H,2-8H2,1H3,(H,12,14). The topological polar surface area (TPSA) is 49.3 Å². The first kappa shape index (κ1) is 11.5. The Kier molecular flexibility index (Phi) is 4.94. The first-order chi connectivity index (χ1) is 6.74. The first-order valence-corrected chi connectivity index (χ1v) is 5.61. The van der Waals surface area contributed by atoms with Crippen molar-refractivity contribution in [2.75, 3.05) is 13.2 Å². The van der Waals surface area contributed by atoms with Crippen LogP contribution in [0.1, 0.15) is 39.0 Å². The second kappa shape index (κ2) is 6.02. The minimum atomic E-state index is 0.0816. The molecule has 82 valence electrons. The van der Waals surface area contributed by atoms with Gasteiger partial charge in [-0.1, -0.05) is 19.8 Å². The second-order valence-corrected chi connectivity index (χ2v) is 4.30. The van der Waals surface area contributed by atoms with Crippen LogP contribution >= 0.6 is 0 Å². The summed E-state index contributed by atoms with van der Waals surface area (Å²) in [6.07, 6.45) is 4.89. The first-order valence-electron chi connectivity index (χ1n) is 5.61. The van der Waals surface area contributed by atoms with E-state index in [1.54, 1.807) is 0 Å². The Hall–Kier alpha value is -0.570. The number of aliphatic hydroxyl groups excluding tert-OH is 1. The summed E-state index contributed by atoms with van der Waals surface area (Å²) in [5, 5.41) is 11.5. The molecular weight excluding hydrogens is 178 g/mol. The van der Waals surface area contributed by atoms with Gasteiger partial charge < -0.3 is 10.4 Å². The number of carbonyl (C=O) groups is 1. The monoisotopic (exact) mass is 199 g/mol. The van der Waals surface area contributed by atoms with Crippen LogP contribution in [-0.4, -0.2) is 24.2 Å². The minimum absolute atomic E-state index is 0.0816. The van der Waals surface area contributed by atoms with E-state index in [4.69, 9.17) is 5.11 Å². The number of rotatable bonds is 5. The lowest BCUT2D eigenvalue weighted by molar-refractivity contribution is -0.121. The molecule has 0 spiro atoms. The predicted molar refractivity (Wildman–Crippen MR) is 55.8 cm³/mol. The molecule has 1 rings (SSSR count). The summed E-state index contributed by atoms with van der Waals surface area (Å²) in [4.78, 5) is 11.2. The molecule has 1 aliphatic rings. The van der Waals surface area contributed by atoms with Crippen molar-refractivity contribution in [2.24, 2.45) is 11.8 Å². The van der Waals surface area contributed by atoms with E-state index >= 15 is 0 Å². The number of hydrogen-bond donors (Lipinski definition) is 2. The molecular formula is C11H21NO2. The van der Waals surface area contributed by atoms with E-state index in [0.717, 1.165) is 12.5 Å². The molecule has 0 bridgehead atoms. The molecule has 2 atom stereocenters. The Morgan fingerprint density at radius 3 is 2.86 bits per heavy atom. The van der Waals surface area contributed by atoms with Gasteiger partial charge in [-0.15, -0.1) is 0 Å². The van der Waals surface area contributed by atoms with Crippen molar-refractivity contribution >= 4 is 5.91 Å². The Bertz CT molecular complexity index is 182. The van der Waals surface area contributed by atoms with Crippen molar-refractivity contribution in [1.82, 2.24) is 5.32 Å². The molecule has 3 nitrogen and oxygen atoms in total. The molecule has 3 heteroatoms. The van der Waals surface area contributed by atoms with Crippen molar-refractivity contribution in [2.45, 2.75) is 39.0 Å². The van der Waals surface area contributed by atoms with Crippen LogP contribution in [0.15, 0.2) is 0 Å². The summed E-state index contributed by atoms with van der Waals surface area (Å²) in [6, 6.07) is 0. The lowest BCUT2D eigenvalue weighted by Crippen LogP contribution is -2.30. The Balaban J connectivity index is 2.10. The van der Waals surface area contributed by atoms with E-state index in [0.29, 0.717) is 18.8 Å². The van der Waals surface area contributed by atoms with Crippen LogP contribution in [0.3, 0.4) is 0 Å². The Labute approximate surface area is 85.9 Å². The van der Waals surface area contributed by atoms with Crippen LogP contribution < -0.4 is 5.32 Å². The Morgan fingerprint density at radius 2 is 2.29 bits per heavy atom. The van der Waals surface area contributed by atoms with E-state index in [9.17, 15) is 4.79 Å². The number of aliphatic hydroxyl groups is 1. The van der Waals surface area contributed by atoms with E-state index in [1.807, 2.05) is 0 Å². The highest BCUT2D eigenvalue weighted by atomic mass is 16.3. The SMILES string of the molecule is CC1CCCC1CNC(=O)CCCO. The molecule has 0 radical (unpaired) electrons. The van der Waals surface area contributed by atoms with E-state index < -0.39 is 0 Å². The van der Waals surface area contributed by atoms with Gasteiger partial charge in [-0.3, -0.25) is 4.79 Å². The predicted octanol–water partition coefficient (Wildman–Crippen LogP) is 1.31. The maximum Gasteiger partial charge on any atom is 0.220 e. The molecule has 2 unspecified atom stereocenters. The van der Waals surface area contributed by atoms with Gasteiger partial charge in [0, 0.05) is 19.6 Å². The summed E-state index contributed by atoms with van der Waals surface area (Å²) in [6.45, 7) is 3.19. The molecule has 0 aromatic heterocycles. The largest absolute Gasteiger partial charge is 0.396 e. The normalized spacial score (nSPS) is 26.4. The second-order valence-electron chi connectivity index (χ2n) is 4.30. The van der Waals surface area contributed by atoms with Crippen LogP contribution in [0.4, 0.5) is 0 Å². The third-order valence-corrected chi connectivity index (χ3v) is 3.16. The zero-order chi connectivity index (χ0) is 10.4. The maximum atomic E-state index is 11.2. The molecule has 0 heterocycles. The van der Waals surface area contributed by atoms with Gasteiger partial charge in [0.15, 0.2) is 0 Å². The highest BCUT2D eigenvalue weighted by Gasteiger charge is 2.23. The van der Waals surface area contributed by atoms with Gasteiger partial charge in [-0.25, -0.2) is 0 Å². The Morgan fingerprint density at radius 1 is 1.50 bits per heavy atom. The average molecular weight is 199 g/mol. The highest BCUT2D eigenvalue weighted by molar-refractivity contribution is 5.75. The number of nitrogens with one attached hydrogen (secondary N) is 1. The quantitative estimate of drug-likeness (QED) is 0.701. The van der Waals surface area contributed by atoms with Gasteiger partial charge >= 0.3 is 0 Å². The fourth-order valence-electron chi connectivity index (χ4n) is 2.10. The fraction of sp³-hybridized carbons (Fsp3) is 0.909. The summed E-state index contributed by atoms with van der Waals surface area (Å²) in [5.41, 5.74) is 0. The van der Waals surface area contributed by atoms with Crippen molar-refractivity contribution in [3.63, 3.8) is 0 Å². The van der Waals surface area contributed by atoms with Crippen molar-refractivity contribution in [1.29, 1.82) is 0 Å². The molecule has 1 fully saturated rings. The third kappa shape index (κ3) is 3.66. The molecule has 0 aromatic rings. The fourth-order valence-corrected chi connectivity index (χ4v) is 2.10. The summed E-state index contributed by atoms with van der Waals surface area (Å²) >= 11 is 0. The highest BCUT2D eigenvalue weighted by Crippen LogP contribution is 2.30. The molecule has 1 aliphatic carbocycles. The molecule has 1 amide bonds. The lowest BCUT2D eigenvalue weighted by Gasteiger charge is -2.15. The zero-order valence-corrected chi connectivity index (χ0v) is 8.96. The van der Waals surface area contributed by atoms with Gasteiger partial charge in [0.05, 0.1) is 0 Å².